The number of ether oxygens (including phenoxy) is 1. The Balaban J connectivity index is 1.27. The summed E-state index contributed by atoms with van der Waals surface area (Å²) in [6.07, 6.45) is 6.45. The van der Waals surface area contributed by atoms with E-state index in [0.717, 1.165) is 53.6 Å². The van der Waals surface area contributed by atoms with Crippen LogP contribution in [0.1, 0.15) is 71.3 Å². The summed E-state index contributed by atoms with van der Waals surface area (Å²) in [6, 6.07) is 20.4. The zero-order chi connectivity index (χ0) is 30.8. The number of nitrogens with one attached hydrogen (secondary N) is 1. The molecule has 0 aliphatic heterocycles. The highest BCUT2D eigenvalue weighted by molar-refractivity contribution is 5.93. The van der Waals surface area contributed by atoms with Gasteiger partial charge in [-0.15, -0.1) is 0 Å². The van der Waals surface area contributed by atoms with Crippen molar-refractivity contribution in [2.45, 2.75) is 88.9 Å². The Labute approximate surface area is 254 Å². The summed E-state index contributed by atoms with van der Waals surface area (Å²) in [7, 11) is 1.42. The summed E-state index contributed by atoms with van der Waals surface area (Å²) in [4.78, 5) is 32.0. The van der Waals surface area contributed by atoms with Crippen LogP contribution in [0.3, 0.4) is 0 Å². The van der Waals surface area contributed by atoms with Gasteiger partial charge in [-0.1, -0.05) is 54.6 Å². The second-order valence-electron chi connectivity index (χ2n) is 13.0. The molecule has 2 fully saturated rings. The number of benzene rings is 2. The van der Waals surface area contributed by atoms with E-state index in [4.69, 9.17) is 15.5 Å². The fourth-order valence-electron chi connectivity index (χ4n) is 7.06. The highest BCUT2D eigenvalue weighted by atomic mass is 16.5. The third kappa shape index (κ3) is 6.92. The maximum atomic E-state index is 13.1. The molecule has 2 aliphatic carbocycles. The van der Waals surface area contributed by atoms with Crippen molar-refractivity contribution in [1.82, 2.24) is 9.88 Å². The van der Waals surface area contributed by atoms with Gasteiger partial charge in [-0.25, -0.2) is 4.79 Å². The average molecular weight is 585 g/mol. The van der Waals surface area contributed by atoms with Crippen molar-refractivity contribution in [2.75, 3.05) is 12.4 Å². The summed E-state index contributed by atoms with van der Waals surface area (Å²) in [6.45, 7) is 5.83. The zero-order valence-electron chi connectivity index (χ0n) is 25.7. The van der Waals surface area contributed by atoms with Crippen molar-refractivity contribution in [2.24, 2.45) is 11.7 Å². The van der Waals surface area contributed by atoms with E-state index in [9.17, 15) is 14.7 Å². The number of anilines is 1. The van der Waals surface area contributed by atoms with E-state index in [2.05, 4.69) is 5.32 Å². The Bertz CT molecular complexity index is 1420. The Kier molecular flexibility index (Phi) is 8.90. The molecular formula is C35H44N4O4. The number of hydrogen-bond acceptors (Lipinski definition) is 6. The van der Waals surface area contributed by atoms with Crippen LogP contribution in [0.2, 0.25) is 0 Å². The van der Waals surface area contributed by atoms with Gasteiger partial charge in [-0.3, -0.25) is 9.78 Å². The summed E-state index contributed by atoms with van der Waals surface area (Å²) in [5, 5.41) is 13.3. The molecule has 2 saturated carbocycles. The van der Waals surface area contributed by atoms with Crippen LogP contribution in [0.5, 0.6) is 0 Å². The number of methoxy groups -OCH3 is 1. The van der Waals surface area contributed by atoms with E-state index < -0.39 is 11.1 Å². The highest BCUT2D eigenvalue weighted by Crippen LogP contribution is 2.46. The number of aromatic nitrogens is 1. The molecule has 0 atom stereocenters. The van der Waals surface area contributed by atoms with Crippen molar-refractivity contribution < 1.29 is 19.4 Å². The number of hydrogen-bond donors (Lipinski definition) is 3. The fourth-order valence-corrected chi connectivity index (χ4v) is 7.06. The average Bonchev–Trinajstić information content (AvgIpc) is 2.97. The van der Waals surface area contributed by atoms with Crippen LogP contribution in [0.15, 0.2) is 66.9 Å². The molecule has 2 amide bonds. The van der Waals surface area contributed by atoms with Crippen molar-refractivity contribution in [3.05, 3.63) is 72.4 Å². The van der Waals surface area contributed by atoms with Crippen molar-refractivity contribution in [1.29, 1.82) is 0 Å². The molecule has 3 aromatic rings. The van der Waals surface area contributed by atoms with Crippen LogP contribution in [0.4, 0.5) is 10.5 Å². The van der Waals surface area contributed by atoms with Crippen LogP contribution < -0.4 is 11.1 Å². The lowest BCUT2D eigenvalue weighted by atomic mass is 9.63. The minimum atomic E-state index is -0.714. The Morgan fingerprint density at radius 3 is 2.28 bits per heavy atom. The van der Waals surface area contributed by atoms with Gasteiger partial charge in [0.2, 0.25) is 5.91 Å². The number of pyridine rings is 1. The normalized spacial score (nSPS) is 25.1. The molecule has 8 heteroatoms. The first kappa shape index (κ1) is 30.7. The summed E-state index contributed by atoms with van der Waals surface area (Å²) < 4.78 is 5.00. The van der Waals surface area contributed by atoms with E-state index >= 15 is 0 Å². The van der Waals surface area contributed by atoms with E-state index in [0.29, 0.717) is 24.9 Å². The minimum absolute atomic E-state index is 0.0281. The lowest BCUT2D eigenvalue weighted by Crippen LogP contribution is -2.58. The van der Waals surface area contributed by atoms with Gasteiger partial charge in [0, 0.05) is 35.2 Å². The van der Waals surface area contributed by atoms with Gasteiger partial charge < -0.3 is 25.8 Å². The van der Waals surface area contributed by atoms with Crippen LogP contribution in [-0.2, 0) is 15.1 Å². The number of carbonyl (C=O) groups excluding carboxylic acids is 2. The number of rotatable bonds is 8. The molecule has 228 valence electrons. The largest absolute Gasteiger partial charge is 0.453 e. The first-order chi connectivity index (χ1) is 20.5. The van der Waals surface area contributed by atoms with Gasteiger partial charge in [0.1, 0.15) is 0 Å². The Morgan fingerprint density at radius 2 is 1.70 bits per heavy atom. The van der Waals surface area contributed by atoms with E-state index in [-0.39, 0.29) is 30.0 Å². The zero-order valence-corrected chi connectivity index (χ0v) is 25.7. The van der Waals surface area contributed by atoms with E-state index in [1.807, 2.05) is 86.3 Å². The number of aliphatic hydroxyl groups is 1. The van der Waals surface area contributed by atoms with Crippen molar-refractivity contribution >= 4 is 17.7 Å². The van der Waals surface area contributed by atoms with Gasteiger partial charge >= 0.3 is 6.09 Å². The molecule has 0 spiro atoms. The van der Waals surface area contributed by atoms with Crippen LogP contribution in [0.25, 0.3) is 22.4 Å². The van der Waals surface area contributed by atoms with Gasteiger partial charge in [0.15, 0.2) is 0 Å². The molecule has 0 bridgehead atoms. The van der Waals surface area contributed by atoms with Gasteiger partial charge in [0.05, 0.1) is 30.3 Å². The summed E-state index contributed by atoms with van der Waals surface area (Å²) in [5.74, 6) is 0.243. The van der Waals surface area contributed by atoms with E-state index in [1.54, 1.807) is 6.20 Å². The predicted molar refractivity (Wildman–Crippen MR) is 169 cm³/mol. The molecule has 5 rings (SSSR count). The third-order valence-corrected chi connectivity index (χ3v) is 9.01. The number of nitrogens with zero attached hydrogens (tertiary/aromatic N) is 2. The van der Waals surface area contributed by atoms with E-state index in [1.165, 1.54) is 7.11 Å². The smallest absolute Gasteiger partial charge is 0.409 e. The Hall–Kier alpha value is -3.75. The molecule has 4 N–H and O–H groups in total. The maximum absolute atomic E-state index is 13.1. The molecule has 0 unspecified atom stereocenters. The van der Waals surface area contributed by atoms with Crippen molar-refractivity contribution in [3.63, 3.8) is 0 Å². The molecule has 43 heavy (non-hydrogen) atoms. The number of carbonyl (C=O) groups is 2. The Morgan fingerprint density at radius 1 is 1.05 bits per heavy atom. The van der Waals surface area contributed by atoms with Crippen LogP contribution >= 0.6 is 0 Å². The first-order valence-corrected chi connectivity index (χ1v) is 15.3. The first-order valence-electron chi connectivity index (χ1n) is 15.3. The number of nitrogens with two attached hydrogens (primary N) is 1. The SMILES string of the molecule is COC(=O)N(C(C)C)C1CCC(CC(=O)Nc2cnc(-c3ccc([C@]4(N)C[C@](C)(O)C4)cc3)c(-c3ccccc3)c2)CC1. The molecule has 0 saturated heterocycles. The standard InChI is InChI=1S/C35H44N4O4/c1-23(2)39(33(41)43-4)29-16-10-24(11-17-29)18-31(40)38-28-19-30(25-8-6-5-7-9-25)32(37-20-28)26-12-14-27(15-13-26)35(36)21-34(3,42)22-35/h5-9,12-15,19-20,23-24,29,42H,10-11,16-18,21-22,36H2,1-4H3,(H,38,40)/t24?,29?,34-,35-. The van der Waals surface area contributed by atoms with Crippen molar-refractivity contribution in [3.8, 4) is 22.4 Å². The lowest BCUT2D eigenvalue weighted by Gasteiger charge is -2.49. The van der Waals surface area contributed by atoms with Gasteiger partial charge in [0.25, 0.3) is 0 Å². The predicted octanol–water partition coefficient (Wildman–Crippen LogP) is 6.48. The highest BCUT2D eigenvalue weighted by Gasteiger charge is 2.49. The quantitative estimate of drug-likeness (QED) is 0.279. The lowest BCUT2D eigenvalue weighted by molar-refractivity contribution is -0.117. The molecular weight excluding hydrogens is 540 g/mol. The molecule has 2 aromatic carbocycles. The second-order valence-corrected chi connectivity index (χ2v) is 13.0. The summed E-state index contributed by atoms with van der Waals surface area (Å²) in [5.41, 5.74) is 10.7. The molecule has 1 aromatic heterocycles. The molecule has 0 radical (unpaired) electrons. The van der Waals surface area contributed by atoms with Crippen LogP contribution in [0, 0.1) is 5.92 Å². The number of amides is 2. The molecule has 1 heterocycles. The maximum Gasteiger partial charge on any atom is 0.409 e. The fraction of sp³-hybridized carbons (Fsp3) is 0.457. The van der Waals surface area contributed by atoms with Gasteiger partial charge in [-0.05, 0) is 82.4 Å². The minimum Gasteiger partial charge on any atom is -0.453 e. The second kappa shape index (κ2) is 12.5. The monoisotopic (exact) mass is 584 g/mol. The third-order valence-electron chi connectivity index (χ3n) is 9.01. The molecule has 2 aliphatic rings. The topological polar surface area (TPSA) is 118 Å². The van der Waals surface area contributed by atoms with Crippen LogP contribution in [-0.4, -0.2) is 51.8 Å². The summed E-state index contributed by atoms with van der Waals surface area (Å²) >= 11 is 0. The molecule has 8 nitrogen and oxygen atoms in total. The van der Waals surface area contributed by atoms with Gasteiger partial charge in [-0.2, -0.15) is 0 Å².